The highest BCUT2D eigenvalue weighted by molar-refractivity contribution is 9.10. The van der Waals surface area contributed by atoms with Crippen LogP contribution in [0.25, 0.3) is 0 Å². The molecule has 0 saturated carbocycles. The Hall–Kier alpha value is -1.66. The van der Waals surface area contributed by atoms with Crippen LogP contribution in [-0.2, 0) is 6.61 Å². The van der Waals surface area contributed by atoms with E-state index < -0.39 is 0 Å². The summed E-state index contributed by atoms with van der Waals surface area (Å²) in [6.07, 6.45) is 1.59. The number of nitrogen functional groups attached to an aromatic ring is 1. The number of hydrazine groups is 1. The molecule has 1 heterocycles. The Morgan fingerprint density at radius 3 is 2.76 bits per heavy atom. The van der Waals surface area contributed by atoms with Gasteiger partial charge in [0.1, 0.15) is 6.61 Å². The van der Waals surface area contributed by atoms with Crippen molar-refractivity contribution < 1.29 is 4.74 Å². The summed E-state index contributed by atoms with van der Waals surface area (Å²) >= 11 is 3.31. The van der Waals surface area contributed by atoms with E-state index >= 15 is 0 Å². The molecular weight excluding hydrogens is 284 g/mol. The van der Waals surface area contributed by atoms with Crippen molar-refractivity contribution in [1.29, 1.82) is 0 Å². The Morgan fingerprint density at radius 1 is 1.29 bits per heavy atom. The third kappa shape index (κ3) is 3.15. The lowest BCUT2D eigenvalue weighted by atomic mass is 10.2. The fourth-order valence-electron chi connectivity index (χ4n) is 1.25. The Labute approximate surface area is 107 Å². The molecule has 0 fully saturated rings. The molecule has 0 aliphatic carbocycles. The van der Waals surface area contributed by atoms with Crippen LogP contribution in [0.5, 0.6) is 5.88 Å². The number of benzene rings is 1. The first-order valence-corrected chi connectivity index (χ1v) is 5.75. The second-order valence-corrected chi connectivity index (χ2v) is 4.12. The Morgan fingerprint density at radius 2 is 2.06 bits per heavy atom. The van der Waals surface area contributed by atoms with Gasteiger partial charge in [0.25, 0.3) is 0 Å². The third-order valence-corrected chi connectivity index (χ3v) is 2.60. The van der Waals surface area contributed by atoms with E-state index in [1.165, 1.54) is 0 Å². The van der Waals surface area contributed by atoms with Crippen LogP contribution in [0.15, 0.2) is 41.0 Å². The molecular formula is C11H11BrN4O. The summed E-state index contributed by atoms with van der Waals surface area (Å²) in [6, 6.07) is 9.84. The van der Waals surface area contributed by atoms with E-state index in [-0.39, 0.29) is 0 Å². The van der Waals surface area contributed by atoms with Gasteiger partial charge >= 0.3 is 0 Å². The minimum Gasteiger partial charge on any atom is -0.472 e. The highest BCUT2D eigenvalue weighted by atomic mass is 79.9. The number of ether oxygens (including phenoxy) is 1. The molecule has 1 aromatic carbocycles. The molecule has 17 heavy (non-hydrogen) atoms. The quantitative estimate of drug-likeness (QED) is 0.667. The van der Waals surface area contributed by atoms with Crippen LogP contribution in [0, 0.1) is 0 Å². The normalized spacial score (nSPS) is 10.0. The molecule has 88 valence electrons. The zero-order valence-electron chi connectivity index (χ0n) is 8.93. The highest BCUT2D eigenvalue weighted by Gasteiger charge is 2.05. The minimum absolute atomic E-state index is 0.316. The second-order valence-electron chi connectivity index (χ2n) is 3.27. The Bertz CT molecular complexity index is 492. The van der Waals surface area contributed by atoms with Crippen LogP contribution >= 0.6 is 15.9 Å². The highest BCUT2D eigenvalue weighted by Crippen LogP contribution is 2.23. The van der Waals surface area contributed by atoms with Crippen molar-refractivity contribution in [2.45, 2.75) is 6.61 Å². The van der Waals surface area contributed by atoms with Crippen molar-refractivity contribution in [2.24, 2.45) is 5.84 Å². The number of rotatable bonds is 4. The van der Waals surface area contributed by atoms with E-state index in [0.29, 0.717) is 22.9 Å². The van der Waals surface area contributed by atoms with E-state index in [0.717, 1.165) is 5.56 Å². The van der Waals surface area contributed by atoms with E-state index in [9.17, 15) is 0 Å². The number of anilines is 1. The first-order chi connectivity index (χ1) is 8.29. The van der Waals surface area contributed by atoms with E-state index in [4.69, 9.17) is 10.6 Å². The number of halogens is 1. The molecule has 0 unspecified atom stereocenters. The summed E-state index contributed by atoms with van der Waals surface area (Å²) in [7, 11) is 0. The molecule has 6 heteroatoms. The average molecular weight is 295 g/mol. The summed E-state index contributed by atoms with van der Waals surface area (Å²) in [6.45, 7) is 0.445. The molecule has 2 aromatic rings. The number of nitrogens with zero attached hydrogens (tertiary/aromatic N) is 2. The van der Waals surface area contributed by atoms with Gasteiger partial charge in [0, 0.05) is 0 Å². The fraction of sp³-hybridized carbons (Fsp3) is 0.0909. The second kappa shape index (κ2) is 5.60. The van der Waals surface area contributed by atoms with E-state index in [1.807, 2.05) is 30.3 Å². The molecule has 0 radical (unpaired) electrons. The number of aromatic nitrogens is 2. The van der Waals surface area contributed by atoms with Gasteiger partial charge in [-0.15, -0.1) is 0 Å². The molecule has 2 rings (SSSR count). The molecule has 0 aliphatic rings. The summed E-state index contributed by atoms with van der Waals surface area (Å²) in [5, 5.41) is 0. The van der Waals surface area contributed by atoms with Crippen LogP contribution in [0.3, 0.4) is 0 Å². The summed E-state index contributed by atoms with van der Waals surface area (Å²) < 4.78 is 6.26. The number of nitrogens with one attached hydrogen (secondary N) is 1. The Balaban J connectivity index is 2.08. The van der Waals surface area contributed by atoms with Crippen LogP contribution in [0.4, 0.5) is 5.95 Å². The number of nitrogens with two attached hydrogens (primary N) is 1. The van der Waals surface area contributed by atoms with Gasteiger partial charge in [-0.25, -0.2) is 10.8 Å². The minimum atomic E-state index is 0.316. The zero-order valence-corrected chi connectivity index (χ0v) is 10.5. The number of hydrogen-bond donors (Lipinski definition) is 2. The lowest BCUT2D eigenvalue weighted by molar-refractivity contribution is 0.291. The van der Waals surface area contributed by atoms with Crippen LogP contribution in [0.1, 0.15) is 5.56 Å². The molecule has 0 bridgehead atoms. The standard InChI is InChI=1S/C11H11BrN4O/c12-9-6-14-11(16-13)15-10(9)17-7-8-4-2-1-3-5-8/h1-6H,7,13H2,(H,14,15,16). The van der Waals surface area contributed by atoms with E-state index in [1.54, 1.807) is 6.20 Å². The first kappa shape index (κ1) is 11.8. The molecule has 0 saturated heterocycles. The lowest BCUT2D eigenvalue weighted by Gasteiger charge is -2.08. The molecule has 0 amide bonds. The lowest BCUT2D eigenvalue weighted by Crippen LogP contribution is -2.11. The van der Waals surface area contributed by atoms with Crippen molar-refractivity contribution in [3.8, 4) is 5.88 Å². The molecule has 0 aliphatic heterocycles. The van der Waals surface area contributed by atoms with Gasteiger partial charge in [-0.1, -0.05) is 30.3 Å². The molecule has 1 aromatic heterocycles. The van der Waals surface area contributed by atoms with Crippen LogP contribution in [-0.4, -0.2) is 9.97 Å². The summed E-state index contributed by atoms with van der Waals surface area (Å²) in [5.41, 5.74) is 3.44. The van der Waals surface area contributed by atoms with Gasteiger partial charge in [0.05, 0.1) is 10.7 Å². The van der Waals surface area contributed by atoms with Crippen LogP contribution in [0.2, 0.25) is 0 Å². The molecule has 3 N–H and O–H groups in total. The smallest absolute Gasteiger partial charge is 0.240 e. The van der Waals surface area contributed by atoms with Gasteiger partial charge in [-0.3, -0.25) is 5.43 Å². The number of hydrogen-bond acceptors (Lipinski definition) is 5. The van der Waals surface area contributed by atoms with E-state index in [2.05, 4.69) is 31.3 Å². The SMILES string of the molecule is NNc1ncc(Br)c(OCc2ccccc2)n1. The summed E-state index contributed by atoms with van der Waals surface area (Å²) in [5.74, 6) is 6.00. The predicted molar refractivity (Wildman–Crippen MR) is 68.3 cm³/mol. The van der Waals surface area contributed by atoms with Crippen molar-refractivity contribution in [3.63, 3.8) is 0 Å². The Kier molecular flexibility index (Phi) is 3.89. The molecule has 5 nitrogen and oxygen atoms in total. The first-order valence-electron chi connectivity index (χ1n) is 4.95. The summed E-state index contributed by atoms with van der Waals surface area (Å²) in [4.78, 5) is 8.03. The average Bonchev–Trinajstić information content (AvgIpc) is 2.39. The van der Waals surface area contributed by atoms with Gasteiger partial charge in [-0.05, 0) is 21.5 Å². The predicted octanol–water partition coefficient (Wildman–Crippen LogP) is 2.10. The monoisotopic (exact) mass is 294 g/mol. The van der Waals surface area contributed by atoms with Gasteiger partial charge in [0.15, 0.2) is 0 Å². The maximum Gasteiger partial charge on any atom is 0.240 e. The maximum absolute atomic E-state index is 5.57. The van der Waals surface area contributed by atoms with Crippen molar-refractivity contribution >= 4 is 21.9 Å². The van der Waals surface area contributed by atoms with Crippen LogP contribution < -0.4 is 16.0 Å². The van der Waals surface area contributed by atoms with Crippen molar-refractivity contribution in [1.82, 2.24) is 9.97 Å². The van der Waals surface area contributed by atoms with Crippen molar-refractivity contribution in [2.75, 3.05) is 5.43 Å². The largest absolute Gasteiger partial charge is 0.472 e. The topological polar surface area (TPSA) is 73.1 Å². The maximum atomic E-state index is 5.57. The molecule has 0 atom stereocenters. The fourth-order valence-corrected chi connectivity index (χ4v) is 1.55. The van der Waals surface area contributed by atoms with Gasteiger partial charge in [0.2, 0.25) is 11.8 Å². The third-order valence-electron chi connectivity index (χ3n) is 2.06. The van der Waals surface area contributed by atoms with Gasteiger partial charge < -0.3 is 4.74 Å². The van der Waals surface area contributed by atoms with Crippen molar-refractivity contribution in [3.05, 3.63) is 46.6 Å². The zero-order chi connectivity index (χ0) is 12.1. The van der Waals surface area contributed by atoms with Gasteiger partial charge in [-0.2, -0.15) is 4.98 Å². The molecule has 0 spiro atoms.